The van der Waals surface area contributed by atoms with Gasteiger partial charge in [0, 0.05) is 25.2 Å². The summed E-state index contributed by atoms with van der Waals surface area (Å²) in [4.78, 5) is 15.9. The van der Waals surface area contributed by atoms with E-state index in [4.69, 9.17) is 10.8 Å². The second-order valence-electron chi connectivity index (χ2n) is 4.35. The van der Waals surface area contributed by atoms with Crippen LogP contribution < -0.4 is 16.4 Å². The lowest BCUT2D eigenvalue weighted by Crippen LogP contribution is -2.38. The topological polar surface area (TPSA) is 99.7 Å². The molecule has 0 bridgehead atoms. The van der Waals surface area contributed by atoms with Crippen LogP contribution in [0.5, 0.6) is 5.75 Å². The van der Waals surface area contributed by atoms with Crippen LogP contribution in [0.4, 0.5) is 0 Å². The van der Waals surface area contributed by atoms with Crippen LogP contribution in [0.3, 0.4) is 0 Å². The van der Waals surface area contributed by atoms with Crippen molar-refractivity contribution in [3.63, 3.8) is 0 Å². The molecule has 0 saturated heterocycles. The van der Waals surface area contributed by atoms with E-state index < -0.39 is 0 Å². The molecule has 0 aliphatic rings. The number of phenols is 1. The maximum atomic E-state index is 11.7. The number of halogens is 1. The molecule has 7 heteroatoms. The number of phenolic OH excluding ortho intramolecular Hbond substituents is 1. The summed E-state index contributed by atoms with van der Waals surface area (Å²) >= 11 is 0. The van der Waals surface area contributed by atoms with Crippen LogP contribution in [-0.4, -0.2) is 36.6 Å². The molecule has 1 rings (SSSR count). The van der Waals surface area contributed by atoms with Gasteiger partial charge in [0.05, 0.1) is 0 Å². The summed E-state index contributed by atoms with van der Waals surface area (Å²) in [5, 5.41) is 14.8. The number of rotatable bonds is 7. The quantitative estimate of drug-likeness (QED) is 0.238. The van der Waals surface area contributed by atoms with Crippen LogP contribution in [0.15, 0.2) is 29.3 Å². The summed E-state index contributed by atoms with van der Waals surface area (Å²) in [6.45, 7) is 3.78. The maximum absolute atomic E-state index is 11.7. The molecule has 0 spiro atoms. The van der Waals surface area contributed by atoms with Crippen molar-refractivity contribution in [3.05, 3.63) is 29.8 Å². The number of carbonyl (C=O) groups is 1. The lowest BCUT2D eigenvalue weighted by molar-refractivity contribution is 0.0954. The number of hydrogen-bond acceptors (Lipinski definition) is 3. The van der Waals surface area contributed by atoms with Gasteiger partial charge in [-0.05, 0) is 30.7 Å². The molecule has 5 N–H and O–H groups in total. The second kappa shape index (κ2) is 11.2. The smallest absolute Gasteiger partial charge is 0.251 e. The maximum Gasteiger partial charge on any atom is 0.251 e. The molecule has 0 radical (unpaired) electrons. The first-order chi connectivity index (χ1) is 9.63. The van der Waals surface area contributed by atoms with Crippen molar-refractivity contribution in [2.45, 2.75) is 19.8 Å². The number of nitrogens with two attached hydrogens (primary N) is 1. The highest BCUT2D eigenvalue weighted by atomic mass is 127. The molecular formula is C14H23IN4O2. The largest absolute Gasteiger partial charge is 0.508 e. The molecule has 118 valence electrons. The fourth-order valence-corrected chi connectivity index (χ4v) is 1.49. The van der Waals surface area contributed by atoms with E-state index in [1.54, 1.807) is 12.1 Å². The number of guanidine groups is 1. The van der Waals surface area contributed by atoms with Crippen LogP contribution in [0.2, 0.25) is 0 Å². The third kappa shape index (κ3) is 8.38. The summed E-state index contributed by atoms with van der Waals surface area (Å²) in [5.41, 5.74) is 6.16. The van der Waals surface area contributed by atoms with Gasteiger partial charge in [-0.25, -0.2) is 0 Å². The number of aliphatic imine (C=N–C) groups is 1. The van der Waals surface area contributed by atoms with Crippen molar-refractivity contribution in [3.8, 4) is 5.75 Å². The molecule has 0 aromatic heterocycles. The zero-order valence-electron chi connectivity index (χ0n) is 12.1. The molecule has 1 amide bonds. The van der Waals surface area contributed by atoms with Crippen molar-refractivity contribution in [1.82, 2.24) is 10.6 Å². The number of carbonyl (C=O) groups excluding carboxylic acids is 1. The Bertz CT molecular complexity index is 449. The average molecular weight is 406 g/mol. The monoisotopic (exact) mass is 406 g/mol. The first-order valence-electron chi connectivity index (χ1n) is 6.74. The van der Waals surface area contributed by atoms with Gasteiger partial charge in [0.25, 0.3) is 5.91 Å². The van der Waals surface area contributed by atoms with Gasteiger partial charge in [0.1, 0.15) is 5.75 Å². The van der Waals surface area contributed by atoms with Gasteiger partial charge in [0.15, 0.2) is 5.96 Å². The van der Waals surface area contributed by atoms with E-state index >= 15 is 0 Å². The lowest BCUT2D eigenvalue weighted by Gasteiger charge is -2.07. The Morgan fingerprint density at radius 2 is 1.86 bits per heavy atom. The summed E-state index contributed by atoms with van der Waals surface area (Å²) in [6.07, 6.45) is 2.10. The van der Waals surface area contributed by atoms with Crippen LogP contribution >= 0.6 is 24.0 Å². The highest BCUT2D eigenvalue weighted by Crippen LogP contribution is 2.08. The van der Waals surface area contributed by atoms with Crippen molar-refractivity contribution >= 4 is 35.8 Å². The van der Waals surface area contributed by atoms with E-state index in [0.717, 1.165) is 19.4 Å². The average Bonchev–Trinajstić information content (AvgIpc) is 2.44. The standard InChI is InChI=1S/C14H22N4O2.HI/c1-2-3-8-17-14(15)18-10-9-16-13(20)11-4-6-12(19)7-5-11;/h4-7,19H,2-3,8-10H2,1H3,(H,16,20)(H3,15,17,18);1H. The molecule has 6 nitrogen and oxygen atoms in total. The Kier molecular flexibility index (Phi) is 10.4. The Labute approximate surface area is 142 Å². The minimum atomic E-state index is -0.187. The number of nitrogens with zero attached hydrogens (tertiary/aromatic N) is 1. The Hall–Kier alpha value is -1.51. The lowest BCUT2D eigenvalue weighted by atomic mass is 10.2. The summed E-state index contributed by atoms with van der Waals surface area (Å²) < 4.78 is 0. The molecule has 0 atom stereocenters. The highest BCUT2D eigenvalue weighted by molar-refractivity contribution is 14.0. The van der Waals surface area contributed by atoms with Gasteiger partial charge < -0.3 is 21.5 Å². The minimum absolute atomic E-state index is 0. The fraction of sp³-hybridized carbons (Fsp3) is 0.429. The molecule has 0 fully saturated rings. The van der Waals surface area contributed by atoms with Gasteiger partial charge in [-0.3, -0.25) is 9.79 Å². The highest BCUT2D eigenvalue weighted by Gasteiger charge is 2.03. The Morgan fingerprint density at radius 3 is 2.48 bits per heavy atom. The van der Waals surface area contributed by atoms with Gasteiger partial charge in [0.2, 0.25) is 0 Å². The summed E-state index contributed by atoms with van der Waals surface area (Å²) in [7, 11) is 0. The number of unbranched alkanes of at least 4 members (excludes halogenated alkanes) is 1. The van der Waals surface area contributed by atoms with E-state index in [2.05, 4.69) is 22.5 Å². The van der Waals surface area contributed by atoms with E-state index in [-0.39, 0.29) is 35.6 Å². The van der Waals surface area contributed by atoms with Gasteiger partial charge in [-0.15, -0.1) is 24.0 Å². The van der Waals surface area contributed by atoms with Gasteiger partial charge >= 0.3 is 0 Å². The first-order valence-corrected chi connectivity index (χ1v) is 6.74. The van der Waals surface area contributed by atoms with Crippen molar-refractivity contribution < 1.29 is 9.90 Å². The number of hydrogen-bond donors (Lipinski definition) is 4. The normalized spacial score (nSPS) is 10.6. The minimum Gasteiger partial charge on any atom is -0.508 e. The van der Waals surface area contributed by atoms with Crippen molar-refractivity contribution in [2.75, 3.05) is 19.6 Å². The molecule has 1 aromatic carbocycles. The molecule has 1 aromatic rings. The molecule has 0 aliphatic heterocycles. The third-order valence-electron chi connectivity index (χ3n) is 2.64. The van der Waals surface area contributed by atoms with Gasteiger partial charge in [-0.2, -0.15) is 0 Å². The molecular weight excluding hydrogens is 383 g/mol. The summed E-state index contributed by atoms with van der Waals surface area (Å²) in [5.74, 6) is 0.352. The number of nitrogens with one attached hydrogen (secondary N) is 2. The zero-order chi connectivity index (χ0) is 14.8. The summed E-state index contributed by atoms with van der Waals surface area (Å²) in [6, 6.07) is 6.09. The predicted molar refractivity (Wildman–Crippen MR) is 95.3 cm³/mol. The molecule has 21 heavy (non-hydrogen) atoms. The third-order valence-corrected chi connectivity index (χ3v) is 2.64. The van der Waals surface area contributed by atoms with Crippen molar-refractivity contribution in [2.24, 2.45) is 10.7 Å². The zero-order valence-corrected chi connectivity index (χ0v) is 14.5. The molecule has 0 heterocycles. The van der Waals surface area contributed by atoms with E-state index in [1.807, 2.05) is 0 Å². The number of aromatic hydroxyl groups is 1. The van der Waals surface area contributed by atoms with Crippen LogP contribution in [0.25, 0.3) is 0 Å². The Morgan fingerprint density at radius 1 is 1.24 bits per heavy atom. The van der Waals surface area contributed by atoms with E-state index in [9.17, 15) is 4.79 Å². The van der Waals surface area contributed by atoms with Crippen molar-refractivity contribution in [1.29, 1.82) is 0 Å². The number of amides is 1. The number of benzene rings is 1. The first kappa shape index (κ1) is 19.5. The van der Waals surface area contributed by atoms with Gasteiger partial charge in [-0.1, -0.05) is 13.3 Å². The van der Waals surface area contributed by atoms with Crippen LogP contribution in [-0.2, 0) is 0 Å². The fourth-order valence-electron chi connectivity index (χ4n) is 1.49. The van der Waals surface area contributed by atoms with E-state index in [0.29, 0.717) is 24.6 Å². The Balaban J connectivity index is 0.00000400. The van der Waals surface area contributed by atoms with Crippen LogP contribution in [0, 0.1) is 0 Å². The molecule has 0 aliphatic carbocycles. The second-order valence-corrected chi connectivity index (χ2v) is 4.35. The SMILES string of the molecule is CCCCN=C(N)NCCNC(=O)c1ccc(O)cc1.I. The molecule has 0 saturated carbocycles. The molecule has 0 unspecified atom stereocenters. The predicted octanol–water partition coefficient (Wildman–Crippen LogP) is 1.44. The van der Waals surface area contributed by atoms with Crippen LogP contribution in [0.1, 0.15) is 30.1 Å². The van der Waals surface area contributed by atoms with E-state index in [1.165, 1.54) is 12.1 Å².